The standard InChI is InChI=1S/C22H24FN3O3/c1-16-10-11-18(13-19(16)23)22-24-20(29-25-22)9-6-12-26(15-21(27)28-2)14-17-7-4-3-5-8-17/h3-5,7-8,10-11,13H,6,9,12,14-15H2,1-2H3. The highest BCUT2D eigenvalue weighted by Gasteiger charge is 2.14. The van der Waals surface area contributed by atoms with Crippen molar-refractivity contribution in [2.75, 3.05) is 20.2 Å². The van der Waals surface area contributed by atoms with Crippen LogP contribution in [0.15, 0.2) is 53.1 Å². The van der Waals surface area contributed by atoms with E-state index in [0.29, 0.717) is 42.4 Å². The number of aromatic nitrogens is 2. The third kappa shape index (κ3) is 5.96. The first-order valence-corrected chi connectivity index (χ1v) is 9.47. The van der Waals surface area contributed by atoms with Crippen LogP contribution in [0.3, 0.4) is 0 Å². The minimum atomic E-state index is -0.298. The first-order valence-electron chi connectivity index (χ1n) is 9.47. The molecule has 0 saturated carbocycles. The van der Waals surface area contributed by atoms with E-state index >= 15 is 0 Å². The van der Waals surface area contributed by atoms with E-state index in [1.165, 1.54) is 13.2 Å². The molecule has 0 aliphatic heterocycles. The average Bonchev–Trinajstić information content (AvgIpc) is 3.19. The molecule has 1 heterocycles. The summed E-state index contributed by atoms with van der Waals surface area (Å²) in [5.41, 5.74) is 2.28. The van der Waals surface area contributed by atoms with Crippen LogP contribution in [0.5, 0.6) is 0 Å². The topological polar surface area (TPSA) is 68.5 Å². The number of hydrogen-bond acceptors (Lipinski definition) is 6. The van der Waals surface area contributed by atoms with Crippen LogP contribution in [0.25, 0.3) is 11.4 Å². The van der Waals surface area contributed by atoms with E-state index in [0.717, 1.165) is 12.0 Å². The molecule has 0 radical (unpaired) electrons. The summed E-state index contributed by atoms with van der Waals surface area (Å²) in [4.78, 5) is 18.1. The van der Waals surface area contributed by atoms with Crippen molar-refractivity contribution >= 4 is 5.97 Å². The molecule has 0 atom stereocenters. The van der Waals surface area contributed by atoms with Crippen molar-refractivity contribution in [3.05, 3.63) is 71.4 Å². The maximum atomic E-state index is 13.7. The average molecular weight is 397 g/mol. The fourth-order valence-corrected chi connectivity index (χ4v) is 2.96. The molecule has 0 fully saturated rings. The highest BCUT2D eigenvalue weighted by molar-refractivity contribution is 5.71. The first kappa shape index (κ1) is 20.7. The largest absolute Gasteiger partial charge is 0.468 e. The summed E-state index contributed by atoms with van der Waals surface area (Å²) >= 11 is 0. The number of ether oxygens (including phenoxy) is 1. The number of nitrogens with zero attached hydrogens (tertiary/aromatic N) is 3. The van der Waals surface area contributed by atoms with Crippen LogP contribution in [0, 0.1) is 12.7 Å². The second-order valence-corrected chi connectivity index (χ2v) is 6.85. The normalized spacial score (nSPS) is 11.0. The number of hydrogen-bond donors (Lipinski definition) is 0. The highest BCUT2D eigenvalue weighted by Crippen LogP contribution is 2.19. The third-order valence-electron chi connectivity index (χ3n) is 4.59. The SMILES string of the molecule is COC(=O)CN(CCCc1nc(-c2ccc(C)c(F)c2)no1)Cc1ccccc1. The molecule has 0 amide bonds. The lowest BCUT2D eigenvalue weighted by Gasteiger charge is -2.20. The molecule has 1 aromatic heterocycles. The van der Waals surface area contributed by atoms with Crippen LogP contribution >= 0.6 is 0 Å². The summed E-state index contributed by atoms with van der Waals surface area (Å²) in [6.07, 6.45) is 1.29. The van der Waals surface area contributed by atoms with Gasteiger partial charge in [-0.25, -0.2) is 4.39 Å². The summed E-state index contributed by atoms with van der Waals surface area (Å²) in [5.74, 6) is 0.281. The van der Waals surface area contributed by atoms with E-state index in [9.17, 15) is 9.18 Å². The number of aryl methyl sites for hydroxylation is 2. The zero-order valence-corrected chi connectivity index (χ0v) is 16.6. The lowest BCUT2D eigenvalue weighted by atomic mass is 10.1. The van der Waals surface area contributed by atoms with Gasteiger partial charge in [0.15, 0.2) is 0 Å². The Hall–Kier alpha value is -3.06. The zero-order chi connectivity index (χ0) is 20.6. The predicted octanol–water partition coefficient (Wildman–Crippen LogP) is 3.79. The van der Waals surface area contributed by atoms with E-state index in [2.05, 4.69) is 10.1 Å². The van der Waals surface area contributed by atoms with Crippen LogP contribution in [-0.4, -0.2) is 41.2 Å². The maximum absolute atomic E-state index is 13.7. The van der Waals surface area contributed by atoms with Crippen LogP contribution < -0.4 is 0 Å². The Kier molecular flexibility index (Phi) is 7.08. The van der Waals surface area contributed by atoms with Crippen molar-refractivity contribution in [2.24, 2.45) is 0 Å². The lowest BCUT2D eigenvalue weighted by Crippen LogP contribution is -2.31. The first-order chi connectivity index (χ1) is 14.0. The highest BCUT2D eigenvalue weighted by atomic mass is 19.1. The molecular weight excluding hydrogens is 373 g/mol. The lowest BCUT2D eigenvalue weighted by molar-refractivity contribution is -0.142. The van der Waals surface area contributed by atoms with Crippen molar-refractivity contribution in [1.29, 1.82) is 0 Å². The Morgan fingerprint density at radius 3 is 2.72 bits per heavy atom. The summed E-state index contributed by atoms with van der Waals surface area (Å²) < 4.78 is 23.8. The quantitative estimate of drug-likeness (QED) is 0.512. The Morgan fingerprint density at radius 2 is 2.00 bits per heavy atom. The van der Waals surface area contributed by atoms with Gasteiger partial charge in [-0.2, -0.15) is 4.98 Å². The molecule has 2 aromatic carbocycles. The molecule has 0 bridgehead atoms. The molecule has 0 aliphatic carbocycles. The number of halogens is 1. The summed E-state index contributed by atoms with van der Waals surface area (Å²) in [5, 5.41) is 3.94. The molecule has 3 rings (SSSR count). The van der Waals surface area contributed by atoms with Crippen molar-refractivity contribution in [1.82, 2.24) is 15.0 Å². The number of carbonyl (C=O) groups is 1. The number of benzene rings is 2. The summed E-state index contributed by atoms with van der Waals surface area (Å²) in [7, 11) is 1.39. The van der Waals surface area contributed by atoms with Crippen molar-refractivity contribution in [3.8, 4) is 11.4 Å². The number of rotatable bonds is 9. The fraction of sp³-hybridized carbons (Fsp3) is 0.318. The van der Waals surface area contributed by atoms with Gasteiger partial charge >= 0.3 is 5.97 Å². The number of carbonyl (C=O) groups excluding carboxylic acids is 1. The molecule has 6 nitrogen and oxygen atoms in total. The fourth-order valence-electron chi connectivity index (χ4n) is 2.96. The van der Waals surface area contributed by atoms with Gasteiger partial charge in [0.2, 0.25) is 11.7 Å². The van der Waals surface area contributed by atoms with Gasteiger partial charge < -0.3 is 9.26 Å². The monoisotopic (exact) mass is 397 g/mol. The summed E-state index contributed by atoms with van der Waals surface area (Å²) in [6, 6.07) is 14.8. The third-order valence-corrected chi connectivity index (χ3v) is 4.59. The van der Waals surface area contributed by atoms with Gasteiger partial charge in [0, 0.05) is 18.5 Å². The van der Waals surface area contributed by atoms with Crippen molar-refractivity contribution < 1.29 is 18.4 Å². The molecule has 152 valence electrons. The molecule has 29 heavy (non-hydrogen) atoms. The van der Waals surface area contributed by atoms with Gasteiger partial charge in [0.25, 0.3) is 0 Å². The second-order valence-electron chi connectivity index (χ2n) is 6.85. The van der Waals surface area contributed by atoms with Gasteiger partial charge in [-0.3, -0.25) is 9.69 Å². The van der Waals surface area contributed by atoms with Crippen LogP contribution in [0.1, 0.15) is 23.4 Å². The maximum Gasteiger partial charge on any atom is 0.319 e. The Labute approximate surface area is 169 Å². The second kappa shape index (κ2) is 9.93. The Balaban J connectivity index is 1.58. The van der Waals surface area contributed by atoms with Gasteiger partial charge in [-0.05, 0) is 37.1 Å². The molecule has 0 N–H and O–H groups in total. The Bertz CT molecular complexity index is 943. The van der Waals surface area contributed by atoms with Crippen molar-refractivity contribution in [3.63, 3.8) is 0 Å². The van der Waals surface area contributed by atoms with Crippen molar-refractivity contribution in [2.45, 2.75) is 26.3 Å². The summed E-state index contributed by atoms with van der Waals surface area (Å²) in [6.45, 7) is 3.23. The van der Waals surface area contributed by atoms with Crippen LogP contribution in [0.4, 0.5) is 4.39 Å². The smallest absolute Gasteiger partial charge is 0.319 e. The molecule has 0 spiro atoms. The van der Waals surface area contributed by atoms with E-state index in [1.54, 1.807) is 19.1 Å². The molecule has 0 aliphatic rings. The van der Waals surface area contributed by atoms with Crippen LogP contribution in [0.2, 0.25) is 0 Å². The minimum Gasteiger partial charge on any atom is -0.468 e. The molecule has 0 unspecified atom stereocenters. The van der Waals surface area contributed by atoms with E-state index < -0.39 is 0 Å². The van der Waals surface area contributed by atoms with Gasteiger partial charge in [0.1, 0.15) is 5.82 Å². The van der Waals surface area contributed by atoms with Gasteiger partial charge in [-0.1, -0.05) is 47.6 Å². The zero-order valence-electron chi connectivity index (χ0n) is 16.6. The molecule has 0 saturated heterocycles. The van der Waals surface area contributed by atoms with Crippen LogP contribution in [-0.2, 0) is 22.5 Å². The van der Waals surface area contributed by atoms with E-state index in [4.69, 9.17) is 9.26 Å². The number of esters is 1. The van der Waals surface area contributed by atoms with E-state index in [-0.39, 0.29) is 18.3 Å². The molecular formula is C22H24FN3O3. The predicted molar refractivity (Wildman–Crippen MR) is 106 cm³/mol. The van der Waals surface area contributed by atoms with E-state index in [1.807, 2.05) is 35.2 Å². The van der Waals surface area contributed by atoms with Gasteiger partial charge in [-0.15, -0.1) is 0 Å². The van der Waals surface area contributed by atoms with Gasteiger partial charge in [0.05, 0.1) is 13.7 Å². The minimum absolute atomic E-state index is 0.211. The molecule has 3 aromatic rings. The number of methoxy groups -OCH3 is 1. The Morgan fingerprint density at radius 1 is 1.21 bits per heavy atom. The molecule has 7 heteroatoms.